The smallest absolute Gasteiger partial charge is 0.119 e. The minimum atomic E-state index is 0.0142. The number of ether oxygens (including phenoxy) is 1. The van der Waals surface area contributed by atoms with Crippen molar-refractivity contribution in [3.8, 4) is 5.75 Å². The highest BCUT2D eigenvalue weighted by Crippen LogP contribution is 2.22. The van der Waals surface area contributed by atoms with Crippen LogP contribution in [0.25, 0.3) is 0 Å². The fourth-order valence-electron chi connectivity index (χ4n) is 2.26. The maximum Gasteiger partial charge on any atom is 0.119 e. The molecule has 2 unspecified atom stereocenters. The van der Waals surface area contributed by atoms with Gasteiger partial charge in [0.2, 0.25) is 0 Å². The number of hydrazine groups is 1. The van der Waals surface area contributed by atoms with Crippen LogP contribution in [0.3, 0.4) is 0 Å². The standard InChI is InChI=1S/C16H24N4O/c1-4-12(2)20-9-8-14(19-20)11-16(18-17)13-6-5-7-15(10-13)21-3/h5-10,12,16,18H,4,11,17H2,1-3H3. The Morgan fingerprint density at radius 1 is 1.38 bits per heavy atom. The first kappa shape index (κ1) is 15.5. The molecule has 2 rings (SSSR count). The summed E-state index contributed by atoms with van der Waals surface area (Å²) >= 11 is 0. The van der Waals surface area contributed by atoms with Gasteiger partial charge >= 0.3 is 0 Å². The van der Waals surface area contributed by atoms with Crippen LogP contribution in [0.2, 0.25) is 0 Å². The molecule has 114 valence electrons. The fraction of sp³-hybridized carbons (Fsp3) is 0.438. The molecular weight excluding hydrogens is 264 g/mol. The molecule has 0 amide bonds. The summed E-state index contributed by atoms with van der Waals surface area (Å²) in [6.07, 6.45) is 3.84. The van der Waals surface area contributed by atoms with Gasteiger partial charge in [0.15, 0.2) is 0 Å². The van der Waals surface area contributed by atoms with Crippen LogP contribution in [-0.4, -0.2) is 16.9 Å². The summed E-state index contributed by atoms with van der Waals surface area (Å²) in [7, 11) is 1.66. The SMILES string of the molecule is CCC(C)n1ccc(CC(NN)c2cccc(OC)c2)n1. The molecule has 0 aliphatic carbocycles. The highest BCUT2D eigenvalue weighted by Gasteiger charge is 2.14. The fourth-order valence-corrected chi connectivity index (χ4v) is 2.26. The lowest BCUT2D eigenvalue weighted by atomic mass is 10.0. The van der Waals surface area contributed by atoms with E-state index in [2.05, 4.69) is 30.4 Å². The van der Waals surface area contributed by atoms with E-state index in [1.54, 1.807) is 7.11 Å². The zero-order chi connectivity index (χ0) is 15.2. The van der Waals surface area contributed by atoms with Crippen molar-refractivity contribution in [3.63, 3.8) is 0 Å². The molecule has 1 aromatic carbocycles. The van der Waals surface area contributed by atoms with Gasteiger partial charge in [-0.15, -0.1) is 0 Å². The summed E-state index contributed by atoms with van der Waals surface area (Å²) in [5.41, 5.74) is 4.99. The number of rotatable bonds is 7. The molecule has 5 heteroatoms. The summed E-state index contributed by atoms with van der Waals surface area (Å²) in [4.78, 5) is 0. The molecule has 0 radical (unpaired) electrons. The number of nitrogens with zero attached hydrogens (tertiary/aromatic N) is 2. The minimum absolute atomic E-state index is 0.0142. The monoisotopic (exact) mass is 288 g/mol. The second-order valence-corrected chi connectivity index (χ2v) is 5.24. The maximum absolute atomic E-state index is 5.71. The molecule has 0 saturated carbocycles. The van der Waals surface area contributed by atoms with Crippen molar-refractivity contribution in [1.29, 1.82) is 0 Å². The first-order valence-electron chi connectivity index (χ1n) is 7.32. The molecule has 3 N–H and O–H groups in total. The topological polar surface area (TPSA) is 65.1 Å². The number of aromatic nitrogens is 2. The summed E-state index contributed by atoms with van der Waals surface area (Å²) in [5.74, 6) is 6.54. The lowest BCUT2D eigenvalue weighted by Crippen LogP contribution is -2.29. The van der Waals surface area contributed by atoms with Gasteiger partial charge in [0, 0.05) is 18.7 Å². The quantitative estimate of drug-likeness (QED) is 0.607. The highest BCUT2D eigenvalue weighted by molar-refractivity contribution is 5.31. The van der Waals surface area contributed by atoms with Gasteiger partial charge in [-0.2, -0.15) is 5.10 Å². The van der Waals surface area contributed by atoms with Gasteiger partial charge in [-0.1, -0.05) is 19.1 Å². The third kappa shape index (κ3) is 3.83. The number of benzene rings is 1. The summed E-state index contributed by atoms with van der Waals surface area (Å²) in [5, 5.41) is 4.63. The molecule has 2 atom stereocenters. The van der Waals surface area contributed by atoms with E-state index in [4.69, 9.17) is 10.6 Å². The molecule has 0 saturated heterocycles. The van der Waals surface area contributed by atoms with Crippen LogP contribution in [0.15, 0.2) is 36.5 Å². The van der Waals surface area contributed by atoms with Crippen LogP contribution in [0, 0.1) is 0 Å². The van der Waals surface area contributed by atoms with E-state index in [-0.39, 0.29) is 6.04 Å². The predicted octanol–water partition coefficient (Wildman–Crippen LogP) is 2.61. The molecule has 0 bridgehead atoms. The van der Waals surface area contributed by atoms with Crippen molar-refractivity contribution in [3.05, 3.63) is 47.8 Å². The molecule has 1 aromatic heterocycles. The van der Waals surface area contributed by atoms with Gasteiger partial charge in [-0.3, -0.25) is 16.0 Å². The average molecular weight is 288 g/mol. The Bertz CT molecular complexity index is 567. The predicted molar refractivity (Wildman–Crippen MR) is 84.0 cm³/mol. The Hall–Kier alpha value is -1.85. The third-order valence-electron chi connectivity index (χ3n) is 3.82. The van der Waals surface area contributed by atoms with Crippen LogP contribution in [0.5, 0.6) is 5.75 Å². The van der Waals surface area contributed by atoms with Crippen molar-refractivity contribution in [2.45, 2.75) is 38.8 Å². The molecule has 21 heavy (non-hydrogen) atoms. The van der Waals surface area contributed by atoms with Crippen LogP contribution in [-0.2, 0) is 6.42 Å². The number of methoxy groups -OCH3 is 1. The van der Waals surface area contributed by atoms with Crippen LogP contribution in [0.4, 0.5) is 0 Å². The van der Waals surface area contributed by atoms with E-state index in [1.165, 1.54) is 0 Å². The normalized spacial score (nSPS) is 13.9. The minimum Gasteiger partial charge on any atom is -0.497 e. The Labute approximate surface area is 126 Å². The van der Waals surface area contributed by atoms with E-state index < -0.39 is 0 Å². The van der Waals surface area contributed by atoms with Crippen molar-refractivity contribution < 1.29 is 4.74 Å². The first-order valence-corrected chi connectivity index (χ1v) is 7.32. The van der Waals surface area contributed by atoms with Crippen molar-refractivity contribution >= 4 is 0 Å². The highest BCUT2D eigenvalue weighted by atomic mass is 16.5. The molecule has 5 nitrogen and oxygen atoms in total. The van der Waals surface area contributed by atoms with Crippen LogP contribution >= 0.6 is 0 Å². The van der Waals surface area contributed by atoms with E-state index in [0.29, 0.717) is 6.04 Å². The Balaban J connectivity index is 2.13. The van der Waals surface area contributed by atoms with Crippen molar-refractivity contribution in [1.82, 2.24) is 15.2 Å². The molecule has 0 aliphatic rings. The number of nitrogens with one attached hydrogen (secondary N) is 1. The van der Waals surface area contributed by atoms with Gasteiger partial charge in [0.05, 0.1) is 18.8 Å². The molecule has 1 heterocycles. The summed E-state index contributed by atoms with van der Waals surface area (Å²) < 4.78 is 7.27. The lowest BCUT2D eigenvalue weighted by Gasteiger charge is -2.16. The van der Waals surface area contributed by atoms with Gasteiger partial charge in [-0.25, -0.2) is 0 Å². The zero-order valence-corrected chi connectivity index (χ0v) is 12.9. The molecule has 0 fully saturated rings. The van der Waals surface area contributed by atoms with Gasteiger partial charge < -0.3 is 4.74 Å². The molecular formula is C16H24N4O. The molecule has 2 aromatic rings. The van der Waals surface area contributed by atoms with E-state index in [0.717, 1.165) is 29.8 Å². The van der Waals surface area contributed by atoms with E-state index in [1.807, 2.05) is 35.1 Å². The van der Waals surface area contributed by atoms with E-state index >= 15 is 0 Å². The second-order valence-electron chi connectivity index (χ2n) is 5.24. The van der Waals surface area contributed by atoms with Gasteiger partial charge in [0.25, 0.3) is 0 Å². The molecule has 0 aliphatic heterocycles. The third-order valence-corrected chi connectivity index (χ3v) is 3.82. The summed E-state index contributed by atoms with van der Waals surface area (Å²) in [6, 6.07) is 10.4. The largest absolute Gasteiger partial charge is 0.497 e. The Morgan fingerprint density at radius 3 is 2.86 bits per heavy atom. The van der Waals surface area contributed by atoms with Crippen LogP contribution in [0.1, 0.15) is 43.6 Å². The number of hydrogen-bond acceptors (Lipinski definition) is 4. The number of nitrogens with two attached hydrogens (primary N) is 1. The Kier molecular flexibility index (Phi) is 5.36. The average Bonchev–Trinajstić information content (AvgIpc) is 3.00. The van der Waals surface area contributed by atoms with E-state index in [9.17, 15) is 0 Å². The van der Waals surface area contributed by atoms with Gasteiger partial charge in [0.1, 0.15) is 5.75 Å². The maximum atomic E-state index is 5.71. The van der Waals surface area contributed by atoms with Crippen molar-refractivity contribution in [2.24, 2.45) is 5.84 Å². The molecule has 0 spiro atoms. The lowest BCUT2D eigenvalue weighted by molar-refractivity contribution is 0.412. The zero-order valence-electron chi connectivity index (χ0n) is 12.9. The first-order chi connectivity index (χ1) is 10.2. The second kappa shape index (κ2) is 7.24. The van der Waals surface area contributed by atoms with Crippen LogP contribution < -0.4 is 16.0 Å². The number of hydrogen-bond donors (Lipinski definition) is 2. The Morgan fingerprint density at radius 2 is 2.19 bits per heavy atom. The van der Waals surface area contributed by atoms with Crippen molar-refractivity contribution in [2.75, 3.05) is 7.11 Å². The van der Waals surface area contributed by atoms with Gasteiger partial charge in [-0.05, 0) is 37.1 Å². The summed E-state index contributed by atoms with van der Waals surface area (Å²) in [6.45, 7) is 4.32.